The number of carbonyl (C=O) groups excluding carboxylic acids is 2. The maximum absolute atomic E-state index is 14.0. The van der Waals surface area contributed by atoms with Crippen LogP contribution in [-0.2, 0) is 18.4 Å². The second-order valence-corrected chi connectivity index (χ2v) is 7.29. The Hall–Kier alpha value is -3.35. The van der Waals surface area contributed by atoms with Gasteiger partial charge in [-0.1, -0.05) is 18.2 Å². The summed E-state index contributed by atoms with van der Waals surface area (Å²) in [6.07, 6.45) is 1.14. The van der Waals surface area contributed by atoms with Gasteiger partial charge in [0.2, 0.25) is 5.91 Å². The van der Waals surface area contributed by atoms with Gasteiger partial charge in [-0.25, -0.2) is 4.39 Å². The van der Waals surface area contributed by atoms with Crippen LogP contribution in [0.1, 0.15) is 35.8 Å². The molecule has 30 heavy (non-hydrogen) atoms. The van der Waals surface area contributed by atoms with Crippen molar-refractivity contribution in [2.24, 2.45) is 7.05 Å². The van der Waals surface area contributed by atoms with Crippen molar-refractivity contribution in [3.63, 3.8) is 0 Å². The molecule has 0 spiro atoms. The standard InChI is InChI=1S/C23H24FN3O3/c1-3-30-19-8-5-4-7-15(19)14-25-23(29)22-21(27-12-6-9-20(27)28)17-13-16(24)10-11-18(17)26(22)2/h4-5,7-8,10-11,13H,3,6,9,12,14H2,1-2H3,(H,25,29). The Morgan fingerprint density at radius 1 is 1.23 bits per heavy atom. The van der Waals surface area contributed by atoms with Crippen LogP contribution in [0.2, 0.25) is 0 Å². The molecule has 6 nitrogen and oxygen atoms in total. The Kier molecular flexibility index (Phi) is 5.44. The van der Waals surface area contributed by atoms with Crippen LogP contribution in [0.3, 0.4) is 0 Å². The number of hydrogen-bond acceptors (Lipinski definition) is 3. The van der Waals surface area contributed by atoms with Crippen LogP contribution in [-0.4, -0.2) is 29.5 Å². The fourth-order valence-electron chi connectivity index (χ4n) is 4.02. The Bertz CT molecular complexity index is 1120. The predicted octanol–water partition coefficient (Wildman–Crippen LogP) is 3.77. The van der Waals surface area contributed by atoms with E-state index in [1.807, 2.05) is 31.2 Å². The molecule has 0 unspecified atom stereocenters. The summed E-state index contributed by atoms with van der Waals surface area (Å²) in [5.41, 5.74) is 2.38. The number of rotatable bonds is 6. The largest absolute Gasteiger partial charge is 0.494 e. The minimum atomic E-state index is -0.404. The number of ether oxygens (including phenoxy) is 1. The average molecular weight is 409 g/mol. The zero-order valence-electron chi connectivity index (χ0n) is 17.1. The highest BCUT2D eigenvalue weighted by Gasteiger charge is 2.31. The lowest BCUT2D eigenvalue weighted by molar-refractivity contribution is -0.117. The smallest absolute Gasteiger partial charge is 0.270 e. The zero-order valence-corrected chi connectivity index (χ0v) is 17.1. The molecule has 0 bridgehead atoms. The Morgan fingerprint density at radius 2 is 2.03 bits per heavy atom. The van der Waals surface area contributed by atoms with E-state index in [2.05, 4.69) is 5.32 Å². The lowest BCUT2D eigenvalue weighted by atomic mass is 10.1. The van der Waals surface area contributed by atoms with Gasteiger partial charge >= 0.3 is 0 Å². The summed E-state index contributed by atoms with van der Waals surface area (Å²) in [4.78, 5) is 27.3. The summed E-state index contributed by atoms with van der Waals surface area (Å²) in [7, 11) is 1.76. The number of nitrogens with one attached hydrogen (secondary N) is 1. The van der Waals surface area contributed by atoms with E-state index in [1.54, 1.807) is 22.6 Å². The second kappa shape index (κ2) is 8.18. The van der Waals surface area contributed by atoms with Gasteiger partial charge in [-0.05, 0) is 37.6 Å². The molecule has 1 aromatic heterocycles. The van der Waals surface area contributed by atoms with E-state index in [9.17, 15) is 14.0 Å². The van der Waals surface area contributed by atoms with Gasteiger partial charge in [-0.2, -0.15) is 0 Å². The molecule has 0 aliphatic carbocycles. The highest BCUT2D eigenvalue weighted by Crippen LogP contribution is 2.36. The number of para-hydroxylation sites is 1. The van der Waals surface area contributed by atoms with Crippen molar-refractivity contribution in [1.82, 2.24) is 9.88 Å². The van der Waals surface area contributed by atoms with Crippen LogP contribution in [0.15, 0.2) is 42.5 Å². The summed E-state index contributed by atoms with van der Waals surface area (Å²) < 4.78 is 21.4. The third-order valence-corrected chi connectivity index (χ3v) is 5.41. The number of carbonyl (C=O) groups is 2. The van der Waals surface area contributed by atoms with Crippen molar-refractivity contribution in [3.05, 3.63) is 59.5 Å². The molecule has 0 saturated carbocycles. The molecule has 0 atom stereocenters. The van der Waals surface area contributed by atoms with E-state index < -0.39 is 5.82 Å². The quantitative estimate of drug-likeness (QED) is 0.674. The monoisotopic (exact) mass is 409 g/mol. The Balaban J connectivity index is 1.72. The average Bonchev–Trinajstić information content (AvgIpc) is 3.27. The summed E-state index contributed by atoms with van der Waals surface area (Å²) >= 11 is 0. The van der Waals surface area contributed by atoms with Crippen molar-refractivity contribution < 1.29 is 18.7 Å². The van der Waals surface area contributed by atoms with Crippen LogP contribution in [0.4, 0.5) is 10.1 Å². The van der Waals surface area contributed by atoms with Crippen molar-refractivity contribution in [3.8, 4) is 5.75 Å². The van der Waals surface area contributed by atoms with Crippen LogP contribution in [0.5, 0.6) is 5.75 Å². The molecule has 2 amide bonds. The van der Waals surface area contributed by atoms with Gasteiger partial charge in [0.25, 0.3) is 5.91 Å². The normalized spacial score (nSPS) is 13.8. The molecule has 1 saturated heterocycles. The van der Waals surface area contributed by atoms with Crippen molar-refractivity contribution in [1.29, 1.82) is 0 Å². The molecular weight excluding hydrogens is 385 g/mol. The number of anilines is 1. The van der Waals surface area contributed by atoms with Crippen molar-refractivity contribution in [2.45, 2.75) is 26.3 Å². The number of amides is 2. The molecule has 1 N–H and O–H groups in total. The maximum atomic E-state index is 14.0. The van der Waals surface area contributed by atoms with Gasteiger partial charge < -0.3 is 19.5 Å². The van der Waals surface area contributed by atoms with Crippen LogP contribution < -0.4 is 15.0 Å². The molecule has 2 aromatic carbocycles. The van der Waals surface area contributed by atoms with Gasteiger partial charge in [-0.15, -0.1) is 0 Å². The Labute approximate surface area is 174 Å². The summed E-state index contributed by atoms with van der Waals surface area (Å²) in [6.45, 7) is 3.23. The van der Waals surface area contributed by atoms with E-state index in [0.29, 0.717) is 54.0 Å². The molecular formula is C23H24FN3O3. The number of aromatic nitrogens is 1. The minimum absolute atomic E-state index is 0.0532. The number of halogens is 1. The summed E-state index contributed by atoms with van der Waals surface area (Å²) in [6, 6.07) is 11.9. The highest BCUT2D eigenvalue weighted by atomic mass is 19.1. The SMILES string of the molecule is CCOc1ccccc1CNC(=O)c1c(N2CCCC2=O)c2cc(F)ccc2n1C. The zero-order chi connectivity index (χ0) is 21.3. The van der Waals surface area contributed by atoms with Gasteiger partial charge in [-0.3, -0.25) is 9.59 Å². The van der Waals surface area contributed by atoms with Gasteiger partial charge in [0.05, 0.1) is 17.8 Å². The first-order valence-corrected chi connectivity index (χ1v) is 10.1. The van der Waals surface area contributed by atoms with Crippen molar-refractivity contribution in [2.75, 3.05) is 18.1 Å². The Morgan fingerprint density at radius 3 is 2.77 bits per heavy atom. The lowest BCUT2D eigenvalue weighted by Crippen LogP contribution is -2.30. The van der Waals surface area contributed by atoms with E-state index in [4.69, 9.17) is 4.74 Å². The first-order valence-electron chi connectivity index (χ1n) is 10.1. The van der Waals surface area contributed by atoms with Crippen LogP contribution in [0.25, 0.3) is 10.9 Å². The predicted molar refractivity (Wildman–Crippen MR) is 113 cm³/mol. The molecule has 4 rings (SSSR count). The number of hydrogen-bond donors (Lipinski definition) is 1. The van der Waals surface area contributed by atoms with Crippen LogP contribution in [0, 0.1) is 5.82 Å². The van der Waals surface area contributed by atoms with E-state index in [-0.39, 0.29) is 18.4 Å². The molecule has 1 aliphatic heterocycles. The fourth-order valence-corrected chi connectivity index (χ4v) is 4.02. The van der Waals surface area contributed by atoms with Gasteiger partial charge in [0.1, 0.15) is 17.3 Å². The molecule has 1 fully saturated rings. The number of fused-ring (bicyclic) bond motifs is 1. The number of nitrogens with zero attached hydrogens (tertiary/aromatic N) is 2. The molecule has 156 valence electrons. The second-order valence-electron chi connectivity index (χ2n) is 7.29. The minimum Gasteiger partial charge on any atom is -0.494 e. The molecule has 1 aliphatic rings. The van der Waals surface area contributed by atoms with Crippen LogP contribution >= 0.6 is 0 Å². The molecule has 7 heteroatoms. The highest BCUT2D eigenvalue weighted by molar-refractivity contribution is 6.14. The molecule has 2 heterocycles. The van der Waals surface area contributed by atoms with E-state index in [1.165, 1.54) is 12.1 Å². The topological polar surface area (TPSA) is 63.6 Å². The van der Waals surface area contributed by atoms with Crippen molar-refractivity contribution >= 4 is 28.4 Å². The third-order valence-electron chi connectivity index (χ3n) is 5.41. The number of aryl methyl sites for hydroxylation is 1. The first-order chi connectivity index (χ1) is 14.5. The van der Waals surface area contributed by atoms with E-state index >= 15 is 0 Å². The fraction of sp³-hybridized carbons (Fsp3) is 0.304. The lowest BCUT2D eigenvalue weighted by Gasteiger charge is -2.18. The van der Waals surface area contributed by atoms with Gasteiger partial charge in [0.15, 0.2) is 0 Å². The molecule has 0 radical (unpaired) electrons. The van der Waals surface area contributed by atoms with E-state index in [0.717, 1.165) is 5.56 Å². The third kappa shape index (κ3) is 3.51. The molecule has 3 aromatic rings. The maximum Gasteiger partial charge on any atom is 0.270 e. The number of benzene rings is 2. The van der Waals surface area contributed by atoms with Gasteiger partial charge in [0, 0.05) is 37.5 Å². The summed E-state index contributed by atoms with van der Waals surface area (Å²) in [5, 5.41) is 3.50. The first kappa shape index (κ1) is 19.9. The summed E-state index contributed by atoms with van der Waals surface area (Å²) in [5.74, 6) is -0.0643.